The van der Waals surface area contributed by atoms with Crippen molar-refractivity contribution in [2.45, 2.75) is 6.54 Å². The van der Waals surface area contributed by atoms with Crippen LogP contribution in [0.1, 0.15) is 11.1 Å². The van der Waals surface area contributed by atoms with E-state index in [4.69, 9.17) is 12.2 Å². The molecule has 1 aromatic carbocycles. The van der Waals surface area contributed by atoms with Gasteiger partial charge in [-0.25, -0.2) is 0 Å². The molecule has 0 radical (unpaired) electrons. The Balaban J connectivity index is 2.05. The van der Waals surface area contributed by atoms with Gasteiger partial charge in [-0.3, -0.25) is 9.69 Å². The number of benzene rings is 1. The molecule has 0 bridgehead atoms. The molecule has 18 heavy (non-hydrogen) atoms. The van der Waals surface area contributed by atoms with E-state index in [0.29, 0.717) is 23.9 Å². The van der Waals surface area contributed by atoms with Gasteiger partial charge in [0.05, 0.1) is 6.54 Å². The summed E-state index contributed by atoms with van der Waals surface area (Å²) in [5, 5.41) is 0.570. The van der Waals surface area contributed by atoms with E-state index in [2.05, 4.69) is 12.6 Å². The van der Waals surface area contributed by atoms with Crippen LogP contribution in [0.4, 0.5) is 0 Å². The molecule has 0 saturated carbocycles. The normalized spacial score (nSPS) is 17.4. The molecule has 90 valence electrons. The summed E-state index contributed by atoms with van der Waals surface area (Å²) in [6.07, 6.45) is 3.60. The lowest BCUT2D eigenvalue weighted by Crippen LogP contribution is -2.32. The van der Waals surface area contributed by atoms with Gasteiger partial charge in [-0.05, 0) is 29.4 Å². The van der Waals surface area contributed by atoms with Gasteiger partial charge < -0.3 is 4.90 Å². The average molecular weight is 256 g/mol. The Morgan fingerprint density at radius 2 is 2.17 bits per heavy atom. The van der Waals surface area contributed by atoms with Crippen LogP contribution in [0, 0.1) is 0 Å². The monoisotopic (exact) mass is 256 g/mol. The molecule has 3 nitrogen and oxygen atoms in total. The number of carbonyl (C=O) groups is 1. The number of amides is 1. The van der Waals surface area contributed by atoms with Crippen LogP contribution in [0.5, 0.6) is 0 Å². The molecule has 0 atom stereocenters. The van der Waals surface area contributed by atoms with Gasteiger partial charge in [0.1, 0.15) is 5.70 Å². The van der Waals surface area contributed by atoms with Crippen molar-refractivity contribution in [2.24, 2.45) is 0 Å². The van der Waals surface area contributed by atoms with E-state index in [1.165, 1.54) is 5.56 Å². The van der Waals surface area contributed by atoms with Gasteiger partial charge in [0.2, 0.25) is 0 Å². The molecule has 1 saturated heterocycles. The van der Waals surface area contributed by atoms with Gasteiger partial charge in [-0.1, -0.05) is 30.3 Å². The van der Waals surface area contributed by atoms with E-state index in [1.807, 2.05) is 29.2 Å². The van der Waals surface area contributed by atoms with Gasteiger partial charge in [0.15, 0.2) is 5.11 Å². The van der Waals surface area contributed by atoms with Crippen molar-refractivity contribution >= 4 is 29.3 Å². The number of thiocarbonyl (C=S) groups is 1. The van der Waals surface area contributed by atoms with E-state index in [1.54, 1.807) is 11.0 Å². The van der Waals surface area contributed by atoms with E-state index < -0.39 is 0 Å². The molecule has 0 N–H and O–H groups in total. The number of hydrogen-bond acceptors (Lipinski definition) is 2. The third kappa shape index (κ3) is 1.49. The van der Waals surface area contributed by atoms with Crippen molar-refractivity contribution < 1.29 is 4.79 Å². The van der Waals surface area contributed by atoms with Crippen LogP contribution in [-0.2, 0) is 11.3 Å². The van der Waals surface area contributed by atoms with Crippen LogP contribution in [-0.4, -0.2) is 27.4 Å². The second-order valence-corrected chi connectivity index (χ2v) is 4.67. The molecular weight excluding hydrogens is 244 g/mol. The maximum atomic E-state index is 12.2. The van der Waals surface area contributed by atoms with E-state index in [9.17, 15) is 4.79 Å². The van der Waals surface area contributed by atoms with Crippen molar-refractivity contribution in [2.75, 3.05) is 6.54 Å². The van der Waals surface area contributed by atoms with Gasteiger partial charge in [-0.2, -0.15) is 0 Å². The van der Waals surface area contributed by atoms with Crippen molar-refractivity contribution in [3.8, 4) is 0 Å². The number of carbonyl (C=O) groups excluding carboxylic acids is 1. The van der Waals surface area contributed by atoms with E-state index in [0.717, 1.165) is 5.56 Å². The summed E-state index contributed by atoms with van der Waals surface area (Å²) >= 11 is 5.35. The molecular formula is C14H12N2OS. The molecule has 0 unspecified atom stereocenters. The first-order chi connectivity index (χ1) is 8.72. The summed E-state index contributed by atoms with van der Waals surface area (Å²) in [6, 6.07) is 8.06. The van der Waals surface area contributed by atoms with Crippen molar-refractivity contribution in [1.82, 2.24) is 9.80 Å². The lowest BCUT2D eigenvalue weighted by Gasteiger charge is -2.24. The standard InChI is InChI=1S/C14H12N2OS/c1-2-7-15-13(17)12-8-10-5-3-4-6-11(10)9-16(12)14(15)18/h2-6,8H,1,7,9H2. The molecule has 1 fully saturated rings. The Bertz CT molecular complexity index is 591. The van der Waals surface area contributed by atoms with E-state index in [-0.39, 0.29) is 5.91 Å². The molecule has 2 heterocycles. The number of fused-ring (bicyclic) bond motifs is 2. The summed E-state index contributed by atoms with van der Waals surface area (Å²) in [7, 11) is 0. The minimum Gasteiger partial charge on any atom is -0.309 e. The molecule has 0 spiro atoms. The van der Waals surface area contributed by atoms with E-state index >= 15 is 0 Å². The van der Waals surface area contributed by atoms with Crippen LogP contribution in [0.25, 0.3) is 6.08 Å². The highest BCUT2D eigenvalue weighted by Crippen LogP contribution is 2.31. The maximum Gasteiger partial charge on any atom is 0.277 e. The second-order valence-electron chi connectivity index (χ2n) is 4.30. The molecule has 0 aliphatic carbocycles. The zero-order chi connectivity index (χ0) is 12.7. The molecule has 1 amide bonds. The third-order valence-electron chi connectivity index (χ3n) is 3.20. The second kappa shape index (κ2) is 4.07. The van der Waals surface area contributed by atoms with Gasteiger partial charge >= 0.3 is 0 Å². The van der Waals surface area contributed by atoms with Crippen LogP contribution >= 0.6 is 12.2 Å². The fourth-order valence-corrected chi connectivity index (χ4v) is 2.63. The predicted molar refractivity (Wildman–Crippen MR) is 74.5 cm³/mol. The smallest absolute Gasteiger partial charge is 0.277 e. The number of hydrogen-bond donors (Lipinski definition) is 0. The van der Waals surface area contributed by atoms with Gasteiger partial charge in [-0.15, -0.1) is 6.58 Å². The van der Waals surface area contributed by atoms with Crippen LogP contribution in [0.3, 0.4) is 0 Å². The number of rotatable bonds is 2. The van der Waals surface area contributed by atoms with Crippen molar-refractivity contribution in [3.63, 3.8) is 0 Å². The Hall–Kier alpha value is -1.94. The van der Waals surface area contributed by atoms with Gasteiger partial charge in [0.25, 0.3) is 5.91 Å². The fraction of sp³-hybridized carbons (Fsp3) is 0.143. The molecule has 1 aromatic rings. The SMILES string of the molecule is C=CCN1C(=O)C2=Cc3ccccc3CN2C1=S. The first-order valence-electron chi connectivity index (χ1n) is 5.76. The summed E-state index contributed by atoms with van der Waals surface area (Å²) in [5.74, 6) is -0.0330. The topological polar surface area (TPSA) is 23.6 Å². The Morgan fingerprint density at radius 3 is 2.94 bits per heavy atom. The lowest BCUT2D eigenvalue weighted by atomic mass is 10.0. The van der Waals surface area contributed by atoms with Crippen LogP contribution in [0.15, 0.2) is 42.6 Å². The largest absolute Gasteiger partial charge is 0.309 e. The van der Waals surface area contributed by atoms with Crippen LogP contribution < -0.4 is 0 Å². The zero-order valence-electron chi connectivity index (χ0n) is 9.80. The molecule has 2 aliphatic heterocycles. The molecule has 4 heteroatoms. The summed E-state index contributed by atoms with van der Waals surface area (Å²) in [5.41, 5.74) is 2.96. The molecule has 2 aliphatic rings. The summed E-state index contributed by atoms with van der Waals surface area (Å²) < 4.78 is 0. The summed E-state index contributed by atoms with van der Waals surface area (Å²) in [6.45, 7) is 4.79. The quantitative estimate of drug-likeness (QED) is 0.598. The fourth-order valence-electron chi connectivity index (χ4n) is 2.31. The zero-order valence-corrected chi connectivity index (χ0v) is 10.6. The highest BCUT2D eigenvalue weighted by atomic mass is 32.1. The Morgan fingerprint density at radius 1 is 1.39 bits per heavy atom. The number of nitrogens with zero attached hydrogens (tertiary/aromatic N) is 2. The highest BCUT2D eigenvalue weighted by molar-refractivity contribution is 7.80. The molecule has 0 aromatic heterocycles. The third-order valence-corrected chi connectivity index (χ3v) is 3.65. The minimum absolute atomic E-state index is 0.0330. The Labute approximate surface area is 111 Å². The first-order valence-corrected chi connectivity index (χ1v) is 6.17. The average Bonchev–Trinajstić information content (AvgIpc) is 2.62. The summed E-state index contributed by atoms with van der Waals surface area (Å²) in [4.78, 5) is 15.7. The lowest BCUT2D eigenvalue weighted by molar-refractivity contribution is -0.122. The molecule has 3 rings (SSSR count). The predicted octanol–water partition coefficient (Wildman–Crippen LogP) is 2.16. The van der Waals surface area contributed by atoms with Crippen LogP contribution in [0.2, 0.25) is 0 Å². The maximum absolute atomic E-state index is 12.2. The van der Waals surface area contributed by atoms with Gasteiger partial charge in [0, 0.05) is 6.54 Å². The highest BCUT2D eigenvalue weighted by Gasteiger charge is 2.38. The Kier molecular flexibility index (Phi) is 2.52. The van der Waals surface area contributed by atoms with Crippen molar-refractivity contribution in [3.05, 3.63) is 53.7 Å². The first kappa shape index (κ1) is 11.2. The van der Waals surface area contributed by atoms with Crippen molar-refractivity contribution in [1.29, 1.82) is 0 Å². The minimum atomic E-state index is -0.0330.